The van der Waals surface area contributed by atoms with Gasteiger partial charge in [0.2, 0.25) is 11.8 Å². The molecule has 0 aliphatic heterocycles. The summed E-state index contributed by atoms with van der Waals surface area (Å²) in [5.41, 5.74) is 1.39. The number of hydrogen-bond donors (Lipinski definition) is 2. The summed E-state index contributed by atoms with van der Waals surface area (Å²) < 4.78 is 0. The maximum absolute atomic E-state index is 12.4. The number of para-hydroxylation sites is 2. The van der Waals surface area contributed by atoms with E-state index in [1.54, 1.807) is 38.1 Å². The summed E-state index contributed by atoms with van der Waals surface area (Å²) in [6.45, 7) is 3.34. The van der Waals surface area contributed by atoms with E-state index in [0.29, 0.717) is 22.9 Å². The molecule has 0 aromatic heterocycles. The van der Waals surface area contributed by atoms with Crippen molar-refractivity contribution in [3.05, 3.63) is 60.7 Å². The van der Waals surface area contributed by atoms with Gasteiger partial charge in [0.25, 0.3) is 0 Å². The smallest absolute Gasteiger partial charge is 0.246 e. The molecule has 0 saturated carbocycles. The Balaban J connectivity index is 1.78. The van der Waals surface area contributed by atoms with E-state index in [1.165, 1.54) is 21.6 Å². The lowest BCUT2D eigenvalue weighted by molar-refractivity contribution is -0.118. The topological polar surface area (TPSA) is 58.2 Å². The quantitative estimate of drug-likeness (QED) is 0.291. The zero-order chi connectivity index (χ0) is 20.6. The predicted octanol–water partition coefficient (Wildman–Crippen LogP) is 5.64. The van der Waals surface area contributed by atoms with E-state index in [4.69, 9.17) is 23.2 Å². The molecule has 2 atom stereocenters. The minimum atomic E-state index is -1.08. The fraction of sp³-hybridized carbons (Fsp3) is 0.300. The van der Waals surface area contributed by atoms with Crippen LogP contribution in [0.2, 0.25) is 0 Å². The van der Waals surface area contributed by atoms with Crippen LogP contribution in [0.3, 0.4) is 0 Å². The van der Waals surface area contributed by atoms with Gasteiger partial charge >= 0.3 is 0 Å². The van der Waals surface area contributed by atoms with Crippen LogP contribution < -0.4 is 10.6 Å². The number of benzene rings is 2. The number of rotatable bonds is 9. The number of halogens is 2. The van der Waals surface area contributed by atoms with Crippen molar-refractivity contribution in [2.45, 2.75) is 23.6 Å². The van der Waals surface area contributed by atoms with Crippen LogP contribution in [0.25, 0.3) is 0 Å². The molecule has 2 aromatic carbocycles. The van der Waals surface area contributed by atoms with Gasteiger partial charge < -0.3 is 10.6 Å². The Morgan fingerprint density at radius 1 is 0.750 bits per heavy atom. The third kappa shape index (κ3) is 7.24. The van der Waals surface area contributed by atoms with Gasteiger partial charge in [0, 0.05) is 22.9 Å². The molecule has 0 saturated heterocycles. The highest BCUT2D eigenvalue weighted by Crippen LogP contribution is 2.34. The van der Waals surface area contributed by atoms with Gasteiger partial charge in [0.05, 0.1) is 0 Å². The summed E-state index contributed by atoms with van der Waals surface area (Å²) in [4.78, 5) is 22.6. The first kappa shape index (κ1) is 22.9. The lowest BCUT2D eigenvalue weighted by atomic mass is 10.2. The van der Waals surface area contributed by atoms with Gasteiger partial charge in [-0.2, -0.15) is 0 Å². The Bertz CT molecular complexity index is 720. The van der Waals surface area contributed by atoms with Gasteiger partial charge in [-0.3, -0.25) is 9.59 Å². The van der Waals surface area contributed by atoms with Gasteiger partial charge in [-0.05, 0) is 38.1 Å². The van der Waals surface area contributed by atoms with Crippen LogP contribution in [0.5, 0.6) is 0 Å². The maximum Gasteiger partial charge on any atom is 0.246 e. The van der Waals surface area contributed by atoms with Crippen molar-refractivity contribution in [1.29, 1.82) is 0 Å². The van der Waals surface area contributed by atoms with Crippen molar-refractivity contribution < 1.29 is 9.59 Å². The average molecular weight is 457 g/mol. The normalized spacial score (nSPS) is 15.1. The molecule has 2 N–H and O–H groups in total. The largest absolute Gasteiger partial charge is 0.325 e. The molecule has 0 spiro atoms. The first-order chi connectivity index (χ1) is 13.2. The van der Waals surface area contributed by atoms with E-state index < -0.39 is 9.75 Å². The molecule has 2 unspecified atom stereocenters. The van der Waals surface area contributed by atoms with Crippen LogP contribution >= 0.6 is 44.8 Å². The number of carbonyl (C=O) groups is 2. The molecular weight excluding hydrogens is 435 g/mol. The first-order valence-corrected chi connectivity index (χ1v) is 11.8. The van der Waals surface area contributed by atoms with E-state index in [1.807, 2.05) is 36.4 Å². The fourth-order valence-corrected chi connectivity index (χ4v) is 5.60. The molecule has 4 nitrogen and oxygen atoms in total. The lowest BCUT2D eigenvalue weighted by Crippen LogP contribution is -2.38. The zero-order valence-corrected chi connectivity index (χ0v) is 18.7. The molecule has 28 heavy (non-hydrogen) atoms. The lowest BCUT2D eigenvalue weighted by Gasteiger charge is -2.23. The number of nitrogens with one attached hydrogen (secondary N) is 2. The van der Waals surface area contributed by atoms with Gasteiger partial charge in [0.1, 0.15) is 9.75 Å². The van der Waals surface area contributed by atoms with Crippen molar-refractivity contribution in [2.24, 2.45) is 0 Å². The molecule has 0 heterocycles. The van der Waals surface area contributed by atoms with Crippen molar-refractivity contribution >= 4 is 68.0 Å². The van der Waals surface area contributed by atoms with Gasteiger partial charge in [-0.25, -0.2) is 0 Å². The molecule has 2 aromatic rings. The molecule has 2 amide bonds. The molecule has 0 aliphatic rings. The monoisotopic (exact) mass is 456 g/mol. The van der Waals surface area contributed by atoms with E-state index in [2.05, 4.69) is 10.6 Å². The SMILES string of the molecule is CC(Cl)(CSSCC(C)(Cl)C(=O)Nc1ccccc1)C(=O)Nc1ccccc1. The Hall–Kier alpha value is -1.34. The van der Waals surface area contributed by atoms with Crippen LogP contribution in [0.15, 0.2) is 60.7 Å². The average Bonchev–Trinajstić information content (AvgIpc) is 2.67. The second-order valence-corrected chi connectivity index (χ2v) is 10.7. The number of anilines is 2. The molecular formula is C20H22Cl2N2O2S2. The molecule has 0 bridgehead atoms. The van der Waals surface area contributed by atoms with Gasteiger partial charge in [0.15, 0.2) is 0 Å². The van der Waals surface area contributed by atoms with Crippen molar-refractivity contribution in [3.63, 3.8) is 0 Å². The van der Waals surface area contributed by atoms with Gasteiger partial charge in [-0.15, -0.1) is 23.2 Å². The molecule has 8 heteroatoms. The fourth-order valence-electron chi connectivity index (χ4n) is 2.00. The Kier molecular flexibility index (Phi) is 8.56. The molecule has 0 fully saturated rings. The highest BCUT2D eigenvalue weighted by molar-refractivity contribution is 8.76. The van der Waals surface area contributed by atoms with Crippen molar-refractivity contribution in [1.82, 2.24) is 0 Å². The minimum absolute atomic E-state index is 0.274. The van der Waals surface area contributed by atoms with Crippen LogP contribution in [-0.2, 0) is 9.59 Å². The summed E-state index contributed by atoms with van der Waals surface area (Å²) in [5, 5.41) is 5.60. The predicted molar refractivity (Wildman–Crippen MR) is 124 cm³/mol. The highest BCUT2D eigenvalue weighted by atomic mass is 35.5. The van der Waals surface area contributed by atoms with E-state index in [9.17, 15) is 9.59 Å². The summed E-state index contributed by atoms with van der Waals surface area (Å²) in [5.74, 6) is 0.184. The number of carbonyl (C=O) groups excluding carboxylic acids is 2. The molecule has 0 radical (unpaired) electrons. The summed E-state index contributed by atoms with van der Waals surface area (Å²) in [6, 6.07) is 18.3. The van der Waals surface area contributed by atoms with Crippen LogP contribution in [-0.4, -0.2) is 33.1 Å². The highest BCUT2D eigenvalue weighted by Gasteiger charge is 2.33. The Morgan fingerprint density at radius 2 is 1.07 bits per heavy atom. The summed E-state index contributed by atoms with van der Waals surface area (Å²) in [6.07, 6.45) is 0. The number of alkyl halides is 2. The third-order valence-electron chi connectivity index (χ3n) is 3.75. The standard InChI is InChI=1S/C20H22Cl2N2O2S2/c1-19(21,17(25)23-15-9-5-3-6-10-15)13-27-28-14-20(2,22)18(26)24-16-11-7-4-8-12-16/h3-12H,13-14H2,1-2H3,(H,23,25)(H,24,26). The summed E-state index contributed by atoms with van der Waals surface area (Å²) in [7, 11) is 2.82. The maximum atomic E-state index is 12.4. The minimum Gasteiger partial charge on any atom is -0.325 e. The van der Waals surface area contributed by atoms with Gasteiger partial charge in [-0.1, -0.05) is 58.0 Å². The number of amides is 2. The van der Waals surface area contributed by atoms with Crippen molar-refractivity contribution in [3.8, 4) is 0 Å². The second kappa shape index (κ2) is 10.4. The Labute approximate surface area is 183 Å². The third-order valence-corrected chi connectivity index (χ3v) is 7.45. The molecule has 2 rings (SSSR count). The van der Waals surface area contributed by atoms with Crippen LogP contribution in [0, 0.1) is 0 Å². The zero-order valence-electron chi connectivity index (χ0n) is 15.6. The van der Waals surface area contributed by atoms with E-state index in [0.717, 1.165) is 0 Å². The van der Waals surface area contributed by atoms with Crippen molar-refractivity contribution in [2.75, 3.05) is 22.1 Å². The Morgan fingerprint density at radius 3 is 1.39 bits per heavy atom. The van der Waals surface area contributed by atoms with E-state index in [-0.39, 0.29) is 11.8 Å². The van der Waals surface area contributed by atoms with Crippen LogP contribution in [0.4, 0.5) is 11.4 Å². The van der Waals surface area contributed by atoms with Crippen LogP contribution in [0.1, 0.15) is 13.8 Å². The molecule has 150 valence electrons. The number of hydrogen-bond acceptors (Lipinski definition) is 4. The first-order valence-electron chi connectivity index (χ1n) is 8.56. The molecule has 0 aliphatic carbocycles. The summed E-state index contributed by atoms with van der Waals surface area (Å²) >= 11 is 12.8. The second-order valence-electron chi connectivity index (χ2n) is 6.56. The van der Waals surface area contributed by atoms with E-state index >= 15 is 0 Å².